The molecular formula is C12H21NO. The fourth-order valence-electron chi connectivity index (χ4n) is 2.93. The Morgan fingerprint density at radius 2 is 1.71 bits per heavy atom. The lowest BCUT2D eigenvalue weighted by atomic mass is 9.86. The van der Waals surface area contributed by atoms with E-state index >= 15 is 0 Å². The molecule has 0 aromatic carbocycles. The third-order valence-corrected chi connectivity index (χ3v) is 3.92. The van der Waals surface area contributed by atoms with Crippen LogP contribution >= 0.6 is 0 Å². The van der Waals surface area contributed by atoms with Gasteiger partial charge in [-0.05, 0) is 44.9 Å². The minimum absolute atomic E-state index is 0.400. The molecular weight excluding hydrogens is 174 g/mol. The highest BCUT2D eigenvalue weighted by Crippen LogP contribution is 2.31. The van der Waals surface area contributed by atoms with Gasteiger partial charge in [-0.15, -0.1) is 0 Å². The summed E-state index contributed by atoms with van der Waals surface area (Å²) in [6.45, 7) is 4.52. The van der Waals surface area contributed by atoms with Gasteiger partial charge in [0, 0.05) is 18.5 Å². The summed E-state index contributed by atoms with van der Waals surface area (Å²) in [5, 5.41) is 0. The SMILES string of the molecule is CC1CCC(N2C(=O)CCC2C)CC1. The van der Waals surface area contributed by atoms with Crippen molar-refractivity contribution in [1.29, 1.82) is 0 Å². The Balaban J connectivity index is 1.97. The van der Waals surface area contributed by atoms with Crippen molar-refractivity contribution >= 4 is 5.91 Å². The Bertz CT molecular complexity index is 218. The molecule has 14 heavy (non-hydrogen) atoms. The van der Waals surface area contributed by atoms with Crippen LogP contribution in [-0.2, 0) is 4.79 Å². The molecule has 2 fully saturated rings. The first-order valence-electron chi connectivity index (χ1n) is 5.99. The number of carbonyl (C=O) groups is 1. The first-order chi connectivity index (χ1) is 6.68. The standard InChI is InChI=1S/C12H21NO/c1-9-3-6-11(7-4-9)13-10(2)5-8-12(13)14/h9-11H,3-8H2,1-2H3. The zero-order valence-corrected chi connectivity index (χ0v) is 9.33. The second-order valence-corrected chi connectivity index (χ2v) is 5.10. The van der Waals surface area contributed by atoms with E-state index in [1.165, 1.54) is 25.7 Å². The van der Waals surface area contributed by atoms with E-state index in [9.17, 15) is 4.79 Å². The summed E-state index contributed by atoms with van der Waals surface area (Å²) in [4.78, 5) is 13.9. The van der Waals surface area contributed by atoms with Crippen LogP contribution < -0.4 is 0 Å². The van der Waals surface area contributed by atoms with Gasteiger partial charge in [0.2, 0.25) is 5.91 Å². The molecule has 1 saturated carbocycles. The molecule has 0 spiro atoms. The van der Waals surface area contributed by atoms with Gasteiger partial charge in [-0.2, -0.15) is 0 Å². The number of likely N-dealkylation sites (tertiary alicyclic amines) is 1. The van der Waals surface area contributed by atoms with Crippen LogP contribution in [0.4, 0.5) is 0 Å². The predicted octanol–water partition coefficient (Wildman–Crippen LogP) is 2.58. The van der Waals surface area contributed by atoms with E-state index in [1.54, 1.807) is 0 Å². The van der Waals surface area contributed by atoms with Crippen LogP contribution in [0.1, 0.15) is 52.4 Å². The highest BCUT2D eigenvalue weighted by Gasteiger charge is 2.34. The normalized spacial score (nSPS) is 39.1. The van der Waals surface area contributed by atoms with Crippen molar-refractivity contribution in [3.8, 4) is 0 Å². The molecule has 0 bridgehead atoms. The summed E-state index contributed by atoms with van der Waals surface area (Å²) in [5.74, 6) is 1.27. The predicted molar refractivity (Wildman–Crippen MR) is 57.0 cm³/mol. The second-order valence-electron chi connectivity index (χ2n) is 5.10. The largest absolute Gasteiger partial charge is 0.337 e. The van der Waals surface area contributed by atoms with Gasteiger partial charge in [0.05, 0.1) is 0 Å². The molecule has 1 unspecified atom stereocenters. The van der Waals surface area contributed by atoms with Crippen molar-refractivity contribution < 1.29 is 4.79 Å². The summed E-state index contributed by atoms with van der Waals surface area (Å²) in [7, 11) is 0. The van der Waals surface area contributed by atoms with E-state index in [4.69, 9.17) is 0 Å². The molecule has 2 rings (SSSR count). The minimum Gasteiger partial charge on any atom is -0.337 e. The van der Waals surface area contributed by atoms with Crippen LogP contribution in [0.15, 0.2) is 0 Å². The van der Waals surface area contributed by atoms with Crippen LogP contribution in [0, 0.1) is 5.92 Å². The topological polar surface area (TPSA) is 20.3 Å². The van der Waals surface area contributed by atoms with Crippen LogP contribution in [0.3, 0.4) is 0 Å². The van der Waals surface area contributed by atoms with Crippen molar-refractivity contribution in [2.75, 3.05) is 0 Å². The zero-order chi connectivity index (χ0) is 10.1. The molecule has 0 radical (unpaired) electrons. The molecule has 0 aromatic heterocycles. The van der Waals surface area contributed by atoms with E-state index in [-0.39, 0.29) is 0 Å². The van der Waals surface area contributed by atoms with Gasteiger partial charge in [0.25, 0.3) is 0 Å². The van der Waals surface area contributed by atoms with Crippen molar-refractivity contribution in [2.45, 2.75) is 64.5 Å². The van der Waals surface area contributed by atoms with Crippen LogP contribution in [0.25, 0.3) is 0 Å². The van der Waals surface area contributed by atoms with Gasteiger partial charge >= 0.3 is 0 Å². The van der Waals surface area contributed by atoms with E-state index < -0.39 is 0 Å². The van der Waals surface area contributed by atoms with Gasteiger partial charge < -0.3 is 4.90 Å². The number of carbonyl (C=O) groups excluding carboxylic acids is 1. The highest BCUT2D eigenvalue weighted by molar-refractivity contribution is 5.79. The van der Waals surface area contributed by atoms with Crippen molar-refractivity contribution in [3.63, 3.8) is 0 Å². The average Bonchev–Trinajstić information content (AvgIpc) is 2.49. The molecule has 1 aliphatic carbocycles. The molecule has 80 valence electrons. The number of hydrogen-bond acceptors (Lipinski definition) is 1. The summed E-state index contributed by atoms with van der Waals surface area (Å²) in [6.07, 6.45) is 6.94. The number of amides is 1. The molecule has 0 aromatic rings. The van der Waals surface area contributed by atoms with Gasteiger partial charge in [0.1, 0.15) is 0 Å². The van der Waals surface area contributed by atoms with E-state index in [0.717, 1.165) is 18.8 Å². The molecule has 2 heteroatoms. The first-order valence-corrected chi connectivity index (χ1v) is 5.99. The highest BCUT2D eigenvalue weighted by atomic mass is 16.2. The smallest absolute Gasteiger partial charge is 0.223 e. The lowest BCUT2D eigenvalue weighted by Crippen LogP contribution is -2.42. The maximum Gasteiger partial charge on any atom is 0.223 e. The Hall–Kier alpha value is -0.530. The van der Waals surface area contributed by atoms with Gasteiger partial charge in [-0.3, -0.25) is 4.79 Å². The summed E-state index contributed by atoms with van der Waals surface area (Å²) >= 11 is 0. The number of nitrogens with zero attached hydrogens (tertiary/aromatic N) is 1. The molecule has 2 nitrogen and oxygen atoms in total. The maximum atomic E-state index is 11.7. The molecule has 1 amide bonds. The van der Waals surface area contributed by atoms with Crippen LogP contribution in [0.5, 0.6) is 0 Å². The van der Waals surface area contributed by atoms with E-state index in [2.05, 4.69) is 18.7 Å². The van der Waals surface area contributed by atoms with Crippen LogP contribution in [-0.4, -0.2) is 22.9 Å². The van der Waals surface area contributed by atoms with Gasteiger partial charge in [-0.1, -0.05) is 6.92 Å². The van der Waals surface area contributed by atoms with Crippen LogP contribution in [0.2, 0.25) is 0 Å². The molecule has 0 N–H and O–H groups in total. The minimum atomic E-state index is 0.400. The Labute approximate surface area is 86.7 Å². The summed E-state index contributed by atoms with van der Waals surface area (Å²) in [5.41, 5.74) is 0. The molecule has 1 heterocycles. The zero-order valence-electron chi connectivity index (χ0n) is 9.33. The lowest BCUT2D eigenvalue weighted by molar-refractivity contribution is -0.131. The Kier molecular flexibility index (Phi) is 2.80. The van der Waals surface area contributed by atoms with Gasteiger partial charge in [-0.25, -0.2) is 0 Å². The molecule has 1 saturated heterocycles. The Morgan fingerprint density at radius 1 is 1.07 bits per heavy atom. The molecule has 2 aliphatic rings. The third kappa shape index (κ3) is 1.79. The number of rotatable bonds is 1. The first kappa shape index (κ1) is 10.0. The molecule has 1 atom stereocenters. The maximum absolute atomic E-state index is 11.7. The number of hydrogen-bond donors (Lipinski definition) is 0. The fraction of sp³-hybridized carbons (Fsp3) is 0.917. The lowest BCUT2D eigenvalue weighted by Gasteiger charge is -2.36. The fourth-order valence-corrected chi connectivity index (χ4v) is 2.93. The molecule has 1 aliphatic heterocycles. The van der Waals surface area contributed by atoms with Crippen molar-refractivity contribution in [1.82, 2.24) is 4.90 Å². The summed E-state index contributed by atoms with van der Waals surface area (Å²) < 4.78 is 0. The monoisotopic (exact) mass is 195 g/mol. The van der Waals surface area contributed by atoms with Crippen molar-refractivity contribution in [3.05, 3.63) is 0 Å². The Morgan fingerprint density at radius 3 is 2.21 bits per heavy atom. The van der Waals surface area contributed by atoms with Gasteiger partial charge in [0.15, 0.2) is 0 Å². The van der Waals surface area contributed by atoms with Crippen molar-refractivity contribution in [2.24, 2.45) is 5.92 Å². The third-order valence-electron chi connectivity index (χ3n) is 3.92. The quantitative estimate of drug-likeness (QED) is 0.629. The second kappa shape index (κ2) is 3.92. The summed E-state index contributed by atoms with van der Waals surface area (Å²) in [6, 6.07) is 1.07. The van der Waals surface area contributed by atoms with E-state index in [1.807, 2.05) is 0 Å². The van der Waals surface area contributed by atoms with E-state index in [0.29, 0.717) is 18.0 Å². The average molecular weight is 195 g/mol.